The second kappa shape index (κ2) is 28.9. The van der Waals surface area contributed by atoms with Gasteiger partial charge in [-0.05, 0) is 254 Å². The van der Waals surface area contributed by atoms with Crippen LogP contribution in [0.5, 0.6) is 0 Å². The van der Waals surface area contributed by atoms with E-state index in [1.165, 1.54) is 41.7 Å². The largest absolute Gasteiger partial charge is 0.456 e. The maximum Gasteiger partial charge on any atom is 0.205 e. The predicted octanol–water partition coefficient (Wildman–Crippen LogP) is 29.8. The molecule has 27 aromatic rings. The topological polar surface area (TPSA) is 249 Å². The van der Waals surface area contributed by atoms with E-state index in [4.69, 9.17) is 25.4 Å². The number of rotatable bonds is 0. The summed E-state index contributed by atoms with van der Waals surface area (Å²) in [6.07, 6.45) is 3.17. The highest BCUT2D eigenvalue weighted by atomic mass is 32.1. The van der Waals surface area contributed by atoms with E-state index >= 15 is 0 Å². The number of nitrogens with zero attached hydrogens (tertiary/aromatic N) is 12. The molecule has 0 saturated heterocycles. The fourth-order valence-corrected chi connectivity index (χ4v) is 20.9. The summed E-state index contributed by atoms with van der Waals surface area (Å²) < 4.78 is 14.9. The van der Waals surface area contributed by atoms with Gasteiger partial charge in [0.25, 0.3) is 0 Å². The molecule has 0 fully saturated rings. The fourth-order valence-electron chi connectivity index (χ4n) is 19.8. The number of aromatic nitrogens is 4. The molecule has 586 valence electrons. The molecule has 27 rings (SSSR count). The smallest absolute Gasteiger partial charge is 0.205 e. The van der Waals surface area contributed by atoms with Gasteiger partial charge >= 0.3 is 0 Å². The first-order valence-electron chi connectivity index (χ1n) is 41.4. The van der Waals surface area contributed by atoms with Crippen molar-refractivity contribution in [2.75, 3.05) is 0 Å². The molecule has 0 aliphatic rings. The number of para-hydroxylation sites is 2. The van der Waals surface area contributed by atoms with Crippen molar-refractivity contribution in [3.05, 3.63) is 366 Å². The SMILES string of the molecule is N#Cc1cc2c(cc1C#N)c1ccc3ccccc3c1c1cc3c(cc21)oc1ccccc13.N#Cc1cc2c(cc1C#N)c1ccc3ccccc3c1c1cc3oc4ccccc4c3cc21.N#Cc1cc2c(cc1C#N)c1nc3nccnc3nc1c1c3ccccc3ccc21.[C-]#[N+]c1cc2c(cc1C#N)c1ccc3ccccc3c1c1cc3sc4ccccc4c3cc21. The number of hydrogen-bond acceptors (Lipinski definition) is 14. The molecule has 0 amide bonds. The first-order chi connectivity index (χ1) is 63.6. The van der Waals surface area contributed by atoms with E-state index in [0.29, 0.717) is 67.0 Å². The van der Waals surface area contributed by atoms with Crippen molar-refractivity contribution in [3.8, 4) is 42.5 Å². The van der Waals surface area contributed by atoms with E-state index < -0.39 is 0 Å². The molecule has 129 heavy (non-hydrogen) atoms. The molecular weight excluding hydrogens is 1600 g/mol. The monoisotopic (exact) mass is 1650 g/mol. The van der Waals surface area contributed by atoms with Crippen LogP contribution in [0.25, 0.3) is 253 Å². The van der Waals surface area contributed by atoms with E-state index in [9.17, 15) is 36.8 Å². The maximum atomic E-state index is 9.71. The molecule has 0 spiro atoms. The van der Waals surface area contributed by atoms with Gasteiger partial charge in [-0.25, -0.2) is 24.8 Å². The molecule has 0 atom stereocenters. The Hall–Kier alpha value is -18.8. The number of furan rings is 2. The van der Waals surface area contributed by atoms with Crippen molar-refractivity contribution < 1.29 is 8.83 Å². The molecule has 15 heteroatoms. The van der Waals surface area contributed by atoms with E-state index in [2.05, 4.69) is 245 Å². The molecule has 5 heterocycles. The van der Waals surface area contributed by atoms with Crippen LogP contribution in [0.15, 0.2) is 325 Å². The Labute approximate surface area is 734 Å². The Kier molecular flexibility index (Phi) is 16.6. The van der Waals surface area contributed by atoms with Crippen LogP contribution in [0.2, 0.25) is 0 Å². The second-order valence-corrected chi connectivity index (χ2v) is 33.2. The summed E-state index contributed by atoms with van der Waals surface area (Å²) >= 11 is 1.82. The summed E-state index contributed by atoms with van der Waals surface area (Å²) in [7, 11) is 0. The Morgan fingerprint density at radius 1 is 0.233 bits per heavy atom. The zero-order valence-corrected chi connectivity index (χ0v) is 68.4. The van der Waals surface area contributed by atoms with Gasteiger partial charge in [0.1, 0.15) is 64.3 Å². The molecule has 0 saturated carbocycles. The third kappa shape index (κ3) is 11.3. The Morgan fingerprint density at radius 3 is 1.01 bits per heavy atom. The third-order valence-electron chi connectivity index (χ3n) is 25.5. The van der Waals surface area contributed by atoms with Gasteiger partial charge in [0.05, 0.1) is 57.1 Å². The van der Waals surface area contributed by atoms with Crippen molar-refractivity contribution in [2.24, 2.45) is 0 Å². The summed E-state index contributed by atoms with van der Waals surface area (Å²) in [5.74, 6) is 0. The average Bonchev–Trinajstić information content (AvgIpc) is 1.53. The molecule has 0 N–H and O–H groups in total. The van der Waals surface area contributed by atoms with Crippen LogP contribution >= 0.6 is 11.3 Å². The highest BCUT2D eigenvalue weighted by Gasteiger charge is 2.24. The molecular formula is C114H52N12O2S. The Bertz CT molecular complexity index is 9920. The first kappa shape index (κ1) is 74.0. The van der Waals surface area contributed by atoms with Gasteiger partial charge in [0.2, 0.25) is 5.69 Å². The Morgan fingerprint density at radius 2 is 0.550 bits per heavy atom. The minimum Gasteiger partial charge on any atom is -0.456 e. The van der Waals surface area contributed by atoms with Crippen LogP contribution in [0, 0.1) is 85.9 Å². The first-order valence-corrected chi connectivity index (χ1v) is 42.3. The minimum absolute atomic E-state index is 0.312. The van der Waals surface area contributed by atoms with Crippen molar-refractivity contribution >= 4 is 265 Å². The second-order valence-electron chi connectivity index (χ2n) is 32.1. The highest BCUT2D eigenvalue weighted by molar-refractivity contribution is 7.26. The van der Waals surface area contributed by atoms with Crippen LogP contribution < -0.4 is 0 Å². The van der Waals surface area contributed by atoms with Gasteiger partial charge in [-0.2, -0.15) is 36.8 Å². The number of thiophene rings is 1. The number of hydrogen-bond donors (Lipinski definition) is 0. The molecule has 22 aromatic carbocycles. The zero-order chi connectivity index (χ0) is 86.6. The molecule has 0 unspecified atom stereocenters. The quantitative estimate of drug-likeness (QED) is 0.0779. The predicted molar refractivity (Wildman–Crippen MR) is 521 cm³/mol. The number of benzene rings is 22. The normalized spacial score (nSPS) is 11.5. The third-order valence-corrected chi connectivity index (χ3v) is 26.6. The van der Waals surface area contributed by atoms with Crippen LogP contribution in [-0.4, -0.2) is 19.9 Å². The number of fused-ring (bicyclic) bond motifs is 42. The lowest BCUT2D eigenvalue weighted by Crippen LogP contribution is -1.96. The van der Waals surface area contributed by atoms with Crippen molar-refractivity contribution in [2.45, 2.75) is 0 Å². The van der Waals surface area contributed by atoms with Crippen LogP contribution in [0.1, 0.15) is 38.9 Å². The van der Waals surface area contributed by atoms with Crippen LogP contribution in [-0.2, 0) is 0 Å². The summed E-state index contributed by atoms with van der Waals surface area (Å²) in [5, 5.41) is 106. The molecule has 5 aromatic heterocycles. The Balaban J connectivity index is 0.0000000956. The van der Waals surface area contributed by atoms with E-state index in [1.807, 2.05) is 114 Å². The lowest BCUT2D eigenvalue weighted by atomic mass is 9.88. The highest BCUT2D eigenvalue weighted by Crippen LogP contribution is 2.50. The van der Waals surface area contributed by atoms with Crippen molar-refractivity contribution in [1.82, 2.24) is 19.9 Å². The van der Waals surface area contributed by atoms with Crippen molar-refractivity contribution in [1.29, 1.82) is 36.8 Å². The molecule has 0 bridgehead atoms. The van der Waals surface area contributed by atoms with E-state index in [0.717, 1.165) is 184 Å². The molecule has 0 aliphatic heterocycles. The van der Waals surface area contributed by atoms with Gasteiger partial charge in [-0.15, -0.1) is 11.3 Å². The van der Waals surface area contributed by atoms with Gasteiger partial charge in [0.15, 0.2) is 11.3 Å². The fraction of sp³-hybridized carbons (Fsp3) is 0. The molecule has 0 aliphatic carbocycles. The summed E-state index contributed by atoms with van der Waals surface area (Å²) in [4.78, 5) is 21.9. The summed E-state index contributed by atoms with van der Waals surface area (Å²) in [6.45, 7) is 7.63. The van der Waals surface area contributed by atoms with E-state index in [1.54, 1.807) is 24.5 Å². The summed E-state index contributed by atoms with van der Waals surface area (Å²) in [5.41, 5.74) is 8.66. The van der Waals surface area contributed by atoms with Crippen LogP contribution in [0.4, 0.5) is 5.69 Å². The van der Waals surface area contributed by atoms with Gasteiger partial charge < -0.3 is 8.83 Å². The van der Waals surface area contributed by atoms with Gasteiger partial charge in [0, 0.05) is 64.9 Å². The maximum absolute atomic E-state index is 9.71. The number of nitriles is 7. The van der Waals surface area contributed by atoms with Gasteiger partial charge in [-0.3, -0.25) is 0 Å². The molecule has 14 nitrogen and oxygen atoms in total. The van der Waals surface area contributed by atoms with Crippen molar-refractivity contribution in [3.63, 3.8) is 0 Å². The standard InChI is InChI=1S/2C30H14N2O.C30H14N2S.C24H10N6/c31-15-18-11-23-22-10-9-17-5-1-2-6-20(17)30(22)27-13-26-21-7-3-4-8-28(21)33-29(26)14-25(27)24(23)12-19(18)16-32;31-15-18-11-23-22-10-9-17-5-1-2-6-20(17)30(22)27-14-29-26(21-7-3-4-8-28(21)33-29)13-25(27)24(23)12-19(18)16-32;1-32-27-14-24-22(12-18(27)16-31)21-11-10-17-6-2-3-7-19(17)30(21)26-15-29-25(13-23(24)26)20-8-4-5-9-28(20)33-29;25-11-14-9-18-17-6-5-13-3-1-2-4-16(13)20(17)22-21(19(18)10-15(14)12-26)29-23-24(30-22)28-8-7-27-23/h2*1-14H;2-15H;1-10H. The molecule has 0 radical (unpaired) electrons. The lowest BCUT2D eigenvalue weighted by molar-refractivity contribution is 0.669. The zero-order valence-electron chi connectivity index (χ0n) is 67.6. The minimum atomic E-state index is 0.312. The average molecular weight is 1650 g/mol. The summed E-state index contributed by atoms with van der Waals surface area (Å²) in [6, 6.07) is 118. The van der Waals surface area contributed by atoms with E-state index in [-0.39, 0.29) is 0 Å². The lowest BCUT2D eigenvalue weighted by Gasteiger charge is -2.14. The van der Waals surface area contributed by atoms with Crippen LogP contribution in [0.3, 0.4) is 0 Å². The van der Waals surface area contributed by atoms with Gasteiger partial charge in [-0.1, -0.05) is 200 Å².